The van der Waals surface area contributed by atoms with Gasteiger partial charge in [0, 0.05) is 43.9 Å². The first-order valence-corrected chi connectivity index (χ1v) is 11.8. The first kappa shape index (κ1) is 22.7. The molecular formula is C27H36N2O3. The highest BCUT2D eigenvalue weighted by atomic mass is 16.5. The van der Waals surface area contributed by atoms with Crippen LogP contribution in [0.15, 0.2) is 30.3 Å². The van der Waals surface area contributed by atoms with Crippen molar-refractivity contribution in [3.8, 4) is 11.5 Å². The van der Waals surface area contributed by atoms with E-state index in [2.05, 4.69) is 32.6 Å². The summed E-state index contributed by atoms with van der Waals surface area (Å²) in [7, 11) is 1.75. The molecular weight excluding hydrogens is 400 g/mol. The van der Waals surface area contributed by atoms with Gasteiger partial charge in [0.2, 0.25) is 0 Å². The van der Waals surface area contributed by atoms with Crippen LogP contribution in [0.2, 0.25) is 0 Å². The van der Waals surface area contributed by atoms with E-state index < -0.39 is 0 Å². The van der Waals surface area contributed by atoms with Crippen LogP contribution >= 0.6 is 0 Å². The molecule has 0 saturated carbocycles. The summed E-state index contributed by atoms with van der Waals surface area (Å²) in [6.07, 6.45) is 3.02. The topological polar surface area (TPSA) is 42.0 Å². The van der Waals surface area contributed by atoms with Gasteiger partial charge in [-0.1, -0.05) is 18.2 Å². The van der Waals surface area contributed by atoms with Crippen LogP contribution in [0.4, 0.5) is 0 Å². The summed E-state index contributed by atoms with van der Waals surface area (Å²) in [5, 5.41) is 0. The van der Waals surface area contributed by atoms with E-state index in [-0.39, 0.29) is 11.5 Å². The lowest BCUT2D eigenvalue weighted by Crippen LogP contribution is -2.50. The zero-order valence-electron chi connectivity index (χ0n) is 20.2. The molecule has 0 radical (unpaired) electrons. The average Bonchev–Trinajstić information content (AvgIpc) is 2.82. The number of nitrogens with zero attached hydrogens (tertiary/aromatic N) is 2. The van der Waals surface area contributed by atoms with Crippen LogP contribution in [0, 0.1) is 20.8 Å². The lowest BCUT2D eigenvalue weighted by Gasteiger charge is -2.40. The van der Waals surface area contributed by atoms with Gasteiger partial charge in [0.25, 0.3) is 5.91 Å². The van der Waals surface area contributed by atoms with Crippen molar-refractivity contribution in [2.45, 2.75) is 52.6 Å². The summed E-state index contributed by atoms with van der Waals surface area (Å²) in [4.78, 5) is 17.1. The van der Waals surface area contributed by atoms with Crippen LogP contribution in [0.3, 0.4) is 0 Å². The maximum atomic E-state index is 12.7. The molecule has 32 heavy (non-hydrogen) atoms. The number of hydrogen-bond donors (Lipinski definition) is 0. The maximum Gasteiger partial charge on any atom is 0.253 e. The minimum Gasteiger partial charge on any atom is -0.496 e. The van der Waals surface area contributed by atoms with Gasteiger partial charge in [0.1, 0.15) is 17.1 Å². The Bertz CT molecular complexity index is 980. The quantitative estimate of drug-likeness (QED) is 0.690. The minimum atomic E-state index is -0.164. The molecule has 0 N–H and O–H groups in total. The summed E-state index contributed by atoms with van der Waals surface area (Å²) >= 11 is 0. The molecule has 1 unspecified atom stereocenters. The zero-order valence-corrected chi connectivity index (χ0v) is 20.2. The summed E-state index contributed by atoms with van der Waals surface area (Å²) < 4.78 is 12.3. The van der Waals surface area contributed by atoms with Crippen LogP contribution in [0.25, 0.3) is 0 Å². The van der Waals surface area contributed by atoms with Gasteiger partial charge in [-0.3, -0.25) is 9.69 Å². The van der Waals surface area contributed by atoms with Crippen molar-refractivity contribution >= 4 is 5.91 Å². The number of amides is 1. The van der Waals surface area contributed by atoms with Crippen molar-refractivity contribution in [3.05, 3.63) is 58.1 Å². The third-order valence-electron chi connectivity index (χ3n) is 7.40. The first-order valence-electron chi connectivity index (χ1n) is 11.8. The normalized spacial score (nSPS) is 21.1. The van der Waals surface area contributed by atoms with E-state index in [0.29, 0.717) is 0 Å². The Kier molecular flexibility index (Phi) is 6.47. The Balaban J connectivity index is 1.35. The lowest BCUT2D eigenvalue weighted by atomic mass is 9.85. The Morgan fingerprint density at radius 1 is 1.03 bits per heavy atom. The minimum absolute atomic E-state index is 0.140. The number of benzene rings is 2. The SMILES string of the molecule is COc1c(C)c(C)c2c(c1C)CCC(C)(CCN1CCN(C(=O)c3ccccc3)CC1)O2. The monoisotopic (exact) mass is 436 g/mol. The molecule has 4 rings (SSSR count). The van der Waals surface area contributed by atoms with Crippen LogP contribution in [-0.4, -0.2) is 61.1 Å². The van der Waals surface area contributed by atoms with Gasteiger partial charge in [-0.25, -0.2) is 0 Å². The molecule has 2 aromatic rings. The Labute approximate surface area is 192 Å². The smallest absolute Gasteiger partial charge is 0.253 e. The highest BCUT2D eigenvalue weighted by molar-refractivity contribution is 5.94. The second kappa shape index (κ2) is 9.14. The van der Waals surface area contributed by atoms with Crippen LogP contribution < -0.4 is 9.47 Å². The standard InChI is InChI=1S/C27H36N2O3/c1-19-20(2)25-23(21(3)24(19)31-5)11-12-27(4,32-25)13-14-28-15-17-29(18-16-28)26(30)22-9-7-6-8-10-22/h6-10H,11-18H2,1-5H3. The van der Waals surface area contributed by atoms with E-state index in [1.165, 1.54) is 22.3 Å². The molecule has 1 amide bonds. The second-order valence-electron chi connectivity index (χ2n) is 9.52. The van der Waals surface area contributed by atoms with E-state index in [9.17, 15) is 4.79 Å². The van der Waals surface area contributed by atoms with Gasteiger partial charge in [-0.05, 0) is 75.8 Å². The molecule has 2 aromatic carbocycles. The van der Waals surface area contributed by atoms with E-state index in [1.54, 1.807) is 7.11 Å². The van der Waals surface area contributed by atoms with Gasteiger partial charge in [0.15, 0.2) is 0 Å². The van der Waals surface area contributed by atoms with Crippen molar-refractivity contribution in [2.24, 2.45) is 0 Å². The molecule has 0 aliphatic carbocycles. The first-order chi connectivity index (χ1) is 15.3. The van der Waals surface area contributed by atoms with E-state index >= 15 is 0 Å². The molecule has 2 aliphatic rings. The fraction of sp³-hybridized carbons (Fsp3) is 0.519. The number of fused-ring (bicyclic) bond motifs is 1. The summed E-state index contributed by atoms with van der Waals surface area (Å²) in [5.41, 5.74) is 5.50. The van der Waals surface area contributed by atoms with Gasteiger partial charge in [-0.15, -0.1) is 0 Å². The van der Waals surface area contributed by atoms with Crippen molar-refractivity contribution in [1.29, 1.82) is 0 Å². The summed E-state index contributed by atoms with van der Waals surface area (Å²) in [6, 6.07) is 9.59. The number of methoxy groups -OCH3 is 1. The third-order valence-corrected chi connectivity index (χ3v) is 7.40. The van der Waals surface area contributed by atoms with Crippen molar-refractivity contribution < 1.29 is 14.3 Å². The fourth-order valence-corrected chi connectivity index (χ4v) is 5.10. The molecule has 5 heteroatoms. The molecule has 0 spiro atoms. The van der Waals surface area contributed by atoms with Crippen LogP contribution in [0.5, 0.6) is 11.5 Å². The predicted octanol–water partition coefficient (Wildman–Crippen LogP) is 4.55. The number of rotatable bonds is 5. The fourth-order valence-electron chi connectivity index (χ4n) is 5.10. The second-order valence-corrected chi connectivity index (χ2v) is 9.52. The van der Waals surface area contributed by atoms with Crippen molar-refractivity contribution in [2.75, 3.05) is 39.8 Å². The molecule has 1 saturated heterocycles. The number of carbonyl (C=O) groups excluding carboxylic acids is 1. The maximum absolute atomic E-state index is 12.7. The van der Waals surface area contributed by atoms with E-state index in [4.69, 9.17) is 9.47 Å². The number of hydrogen-bond acceptors (Lipinski definition) is 4. The van der Waals surface area contributed by atoms with Gasteiger partial charge in [0.05, 0.1) is 7.11 Å². The van der Waals surface area contributed by atoms with Gasteiger partial charge >= 0.3 is 0 Å². The van der Waals surface area contributed by atoms with Crippen molar-refractivity contribution in [3.63, 3.8) is 0 Å². The predicted molar refractivity (Wildman–Crippen MR) is 128 cm³/mol. The molecule has 5 nitrogen and oxygen atoms in total. The molecule has 2 aliphatic heterocycles. The van der Waals surface area contributed by atoms with Crippen molar-refractivity contribution in [1.82, 2.24) is 9.80 Å². The van der Waals surface area contributed by atoms with Crippen LogP contribution in [0.1, 0.15) is 52.4 Å². The Morgan fingerprint density at radius 2 is 1.72 bits per heavy atom. The highest BCUT2D eigenvalue weighted by Crippen LogP contribution is 2.44. The molecule has 0 bridgehead atoms. The summed E-state index contributed by atoms with van der Waals surface area (Å²) in [5.74, 6) is 2.20. The number of ether oxygens (including phenoxy) is 2. The molecule has 1 fully saturated rings. The third kappa shape index (κ3) is 4.36. The van der Waals surface area contributed by atoms with E-state index in [0.717, 1.165) is 69.0 Å². The molecule has 172 valence electrons. The number of carbonyl (C=O) groups is 1. The Hall–Kier alpha value is -2.53. The van der Waals surface area contributed by atoms with Gasteiger partial charge in [-0.2, -0.15) is 0 Å². The largest absolute Gasteiger partial charge is 0.496 e. The number of piperazine rings is 1. The highest BCUT2D eigenvalue weighted by Gasteiger charge is 2.35. The zero-order chi connectivity index (χ0) is 22.9. The lowest BCUT2D eigenvalue weighted by molar-refractivity contribution is 0.0338. The molecule has 1 atom stereocenters. The Morgan fingerprint density at radius 3 is 2.38 bits per heavy atom. The average molecular weight is 437 g/mol. The van der Waals surface area contributed by atoms with E-state index in [1.807, 2.05) is 35.2 Å². The van der Waals surface area contributed by atoms with Crippen LogP contribution in [-0.2, 0) is 6.42 Å². The molecule has 2 heterocycles. The molecule has 0 aromatic heterocycles. The summed E-state index contributed by atoms with van der Waals surface area (Å²) in [6.45, 7) is 13.0. The van der Waals surface area contributed by atoms with Gasteiger partial charge < -0.3 is 14.4 Å².